The number of nitrogens with zero attached hydrogens (tertiary/aromatic N) is 1. The van der Waals surface area contributed by atoms with Crippen LogP contribution >= 0.6 is 0 Å². The van der Waals surface area contributed by atoms with Crippen molar-refractivity contribution in [2.24, 2.45) is 5.41 Å². The number of Topliss-reactive ketones (excluding diaryl/α,β-unsaturated/α-hetero) is 1. The van der Waals surface area contributed by atoms with Crippen LogP contribution in [0.5, 0.6) is 0 Å². The van der Waals surface area contributed by atoms with Gasteiger partial charge in [-0.05, 0) is 38.0 Å². The average Bonchev–Trinajstić information content (AvgIpc) is 2.58. The van der Waals surface area contributed by atoms with Gasteiger partial charge in [-0.15, -0.1) is 0 Å². The Hall–Kier alpha value is -1.92. The van der Waals surface area contributed by atoms with Gasteiger partial charge in [-0.1, -0.05) is 0 Å². The number of rotatable bonds is 9. The minimum absolute atomic E-state index is 0.0760. The fourth-order valence-corrected chi connectivity index (χ4v) is 3.31. The van der Waals surface area contributed by atoms with Gasteiger partial charge in [-0.3, -0.25) is 14.4 Å². The lowest BCUT2D eigenvalue weighted by Gasteiger charge is -2.41. The van der Waals surface area contributed by atoms with E-state index in [-0.39, 0.29) is 28.9 Å². The molecule has 1 saturated heterocycles. The number of carbonyl (C=O) groups is 4. The number of unbranched alkanes of at least 4 members (excludes halogenated alkanes) is 1. The standard InChI is InChI=1S/C18H31N3O4/c1-14(22)6-4-5-7-17(25)21-10-8-18(9-11-21,12-15(23)19-2)13-16(24)20-3/h4-13H2,1-3H3,(H,19,23)(H,20,24). The van der Waals surface area contributed by atoms with Gasteiger partial charge < -0.3 is 20.3 Å². The molecule has 1 heterocycles. The summed E-state index contributed by atoms with van der Waals surface area (Å²) in [6.07, 6.45) is 4.33. The molecule has 0 aromatic heterocycles. The zero-order chi connectivity index (χ0) is 18.9. The van der Waals surface area contributed by atoms with Crippen LogP contribution in [0.15, 0.2) is 0 Å². The summed E-state index contributed by atoms with van der Waals surface area (Å²) in [5.74, 6) is 0.0940. The molecule has 7 heteroatoms. The van der Waals surface area contributed by atoms with Gasteiger partial charge in [0.25, 0.3) is 0 Å². The molecular formula is C18H31N3O4. The van der Waals surface area contributed by atoms with E-state index in [1.807, 2.05) is 4.90 Å². The molecule has 0 radical (unpaired) electrons. The number of ketones is 1. The topological polar surface area (TPSA) is 95.6 Å². The minimum atomic E-state index is -0.383. The van der Waals surface area contributed by atoms with Crippen LogP contribution in [0.4, 0.5) is 0 Å². The lowest BCUT2D eigenvalue weighted by Crippen LogP contribution is -2.46. The minimum Gasteiger partial charge on any atom is -0.359 e. The van der Waals surface area contributed by atoms with Crippen LogP contribution in [0.1, 0.15) is 58.3 Å². The highest BCUT2D eigenvalue weighted by atomic mass is 16.2. The summed E-state index contributed by atoms with van der Waals surface area (Å²) in [5, 5.41) is 5.25. The van der Waals surface area contributed by atoms with Gasteiger partial charge in [0.2, 0.25) is 17.7 Å². The molecule has 0 saturated carbocycles. The summed E-state index contributed by atoms with van der Waals surface area (Å²) in [4.78, 5) is 48.7. The molecular weight excluding hydrogens is 322 g/mol. The van der Waals surface area contributed by atoms with Gasteiger partial charge in [0.05, 0.1) is 0 Å². The Morgan fingerprint density at radius 1 is 0.880 bits per heavy atom. The number of nitrogens with one attached hydrogen (secondary N) is 2. The maximum Gasteiger partial charge on any atom is 0.222 e. The number of likely N-dealkylation sites (tertiary alicyclic amines) is 1. The number of piperidine rings is 1. The van der Waals surface area contributed by atoms with Crippen LogP contribution < -0.4 is 10.6 Å². The van der Waals surface area contributed by atoms with Crippen molar-refractivity contribution < 1.29 is 19.2 Å². The molecule has 2 N–H and O–H groups in total. The van der Waals surface area contributed by atoms with Gasteiger partial charge in [-0.25, -0.2) is 0 Å². The Balaban J connectivity index is 2.55. The summed E-state index contributed by atoms with van der Waals surface area (Å²) in [6.45, 7) is 2.70. The monoisotopic (exact) mass is 353 g/mol. The van der Waals surface area contributed by atoms with Crippen molar-refractivity contribution in [3.05, 3.63) is 0 Å². The number of hydrogen-bond donors (Lipinski definition) is 2. The number of carbonyl (C=O) groups excluding carboxylic acids is 4. The smallest absolute Gasteiger partial charge is 0.222 e. The van der Waals surface area contributed by atoms with Gasteiger partial charge in [0.15, 0.2) is 0 Å². The molecule has 0 aromatic rings. The molecule has 1 aliphatic heterocycles. The largest absolute Gasteiger partial charge is 0.359 e. The fourth-order valence-electron chi connectivity index (χ4n) is 3.31. The number of hydrogen-bond acceptors (Lipinski definition) is 4. The summed E-state index contributed by atoms with van der Waals surface area (Å²) in [5.41, 5.74) is -0.383. The first-order valence-electron chi connectivity index (χ1n) is 9.00. The fraction of sp³-hybridized carbons (Fsp3) is 0.778. The van der Waals surface area contributed by atoms with E-state index in [9.17, 15) is 19.2 Å². The van der Waals surface area contributed by atoms with Crippen molar-refractivity contribution >= 4 is 23.5 Å². The second kappa shape index (κ2) is 10.2. The lowest BCUT2D eigenvalue weighted by molar-refractivity contribution is -0.135. The molecule has 0 aliphatic carbocycles. The number of amides is 3. The molecule has 0 spiro atoms. The maximum absolute atomic E-state index is 12.3. The first kappa shape index (κ1) is 21.1. The molecule has 0 unspecified atom stereocenters. The summed E-state index contributed by atoms with van der Waals surface area (Å²) >= 11 is 0. The van der Waals surface area contributed by atoms with E-state index in [4.69, 9.17) is 0 Å². The van der Waals surface area contributed by atoms with E-state index < -0.39 is 0 Å². The van der Waals surface area contributed by atoms with Gasteiger partial charge >= 0.3 is 0 Å². The average molecular weight is 353 g/mol. The summed E-state index contributed by atoms with van der Waals surface area (Å²) < 4.78 is 0. The third kappa shape index (κ3) is 7.23. The highest BCUT2D eigenvalue weighted by Gasteiger charge is 2.38. The molecule has 3 amide bonds. The Morgan fingerprint density at radius 2 is 1.36 bits per heavy atom. The van der Waals surface area contributed by atoms with Crippen molar-refractivity contribution in [3.8, 4) is 0 Å². The Kier molecular flexibility index (Phi) is 8.58. The van der Waals surface area contributed by atoms with Crippen molar-refractivity contribution in [3.63, 3.8) is 0 Å². The lowest BCUT2D eigenvalue weighted by atomic mass is 9.72. The summed E-state index contributed by atoms with van der Waals surface area (Å²) in [7, 11) is 3.19. The van der Waals surface area contributed by atoms with Crippen LogP contribution in [0.3, 0.4) is 0 Å². The highest BCUT2D eigenvalue weighted by molar-refractivity contribution is 5.80. The molecule has 7 nitrogen and oxygen atoms in total. The van der Waals surface area contributed by atoms with E-state index in [0.29, 0.717) is 51.6 Å². The van der Waals surface area contributed by atoms with Crippen LogP contribution in [0.2, 0.25) is 0 Å². The van der Waals surface area contributed by atoms with E-state index in [1.54, 1.807) is 21.0 Å². The van der Waals surface area contributed by atoms with Crippen LogP contribution in [-0.2, 0) is 19.2 Å². The van der Waals surface area contributed by atoms with E-state index in [0.717, 1.165) is 12.8 Å². The second-order valence-electron chi connectivity index (χ2n) is 6.99. The van der Waals surface area contributed by atoms with Crippen LogP contribution in [0.25, 0.3) is 0 Å². The first-order chi connectivity index (χ1) is 11.8. The molecule has 142 valence electrons. The van der Waals surface area contributed by atoms with Crippen molar-refractivity contribution in [1.29, 1.82) is 0 Å². The van der Waals surface area contributed by atoms with Gasteiger partial charge in [0.1, 0.15) is 5.78 Å². The second-order valence-corrected chi connectivity index (χ2v) is 6.99. The zero-order valence-corrected chi connectivity index (χ0v) is 15.7. The van der Waals surface area contributed by atoms with Crippen LogP contribution in [-0.4, -0.2) is 55.6 Å². The Bertz CT molecular complexity index is 477. The Morgan fingerprint density at radius 3 is 1.80 bits per heavy atom. The maximum atomic E-state index is 12.3. The molecule has 0 atom stereocenters. The van der Waals surface area contributed by atoms with Gasteiger partial charge in [-0.2, -0.15) is 0 Å². The Labute approximate surface area is 149 Å². The molecule has 1 rings (SSSR count). The third-order valence-corrected chi connectivity index (χ3v) is 4.98. The highest BCUT2D eigenvalue weighted by Crippen LogP contribution is 2.38. The summed E-state index contributed by atoms with van der Waals surface area (Å²) in [6, 6.07) is 0. The molecule has 1 aliphatic rings. The molecule has 0 bridgehead atoms. The predicted molar refractivity (Wildman–Crippen MR) is 94.8 cm³/mol. The SMILES string of the molecule is CNC(=O)CC1(CC(=O)NC)CCN(C(=O)CCCCC(C)=O)CC1. The van der Waals surface area contributed by atoms with E-state index in [1.165, 1.54) is 0 Å². The molecule has 25 heavy (non-hydrogen) atoms. The van der Waals surface area contributed by atoms with Gasteiger partial charge in [0, 0.05) is 52.9 Å². The van der Waals surface area contributed by atoms with Crippen molar-refractivity contribution in [1.82, 2.24) is 15.5 Å². The molecule has 0 aromatic carbocycles. The first-order valence-corrected chi connectivity index (χ1v) is 9.00. The van der Waals surface area contributed by atoms with Crippen molar-refractivity contribution in [2.45, 2.75) is 58.3 Å². The van der Waals surface area contributed by atoms with E-state index in [2.05, 4.69) is 10.6 Å². The van der Waals surface area contributed by atoms with E-state index >= 15 is 0 Å². The molecule has 1 fully saturated rings. The third-order valence-electron chi connectivity index (χ3n) is 4.98. The zero-order valence-electron chi connectivity index (χ0n) is 15.7. The van der Waals surface area contributed by atoms with Crippen LogP contribution in [0, 0.1) is 5.41 Å². The quantitative estimate of drug-likeness (QED) is 0.605. The predicted octanol–water partition coefficient (Wildman–Crippen LogP) is 1.02. The normalized spacial score (nSPS) is 16.2. The van der Waals surface area contributed by atoms with Crippen molar-refractivity contribution in [2.75, 3.05) is 27.2 Å².